The maximum atomic E-state index is 12.1. The predicted molar refractivity (Wildman–Crippen MR) is 125 cm³/mol. The van der Waals surface area contributed by atoms with Crippen molar-refractivity contribution in [1.82, 2.24) is 5.43 Å². The Kier molecular flexibility index (Phi) is 5.92. The summed E-state index contributed by atoms with van der Waals surface area (Å²) in [6, 6.07) is 23.9. The molecule has 0 aromatic heterocycles. The molecule has 0 aliphatic carbocycles. The van der Waals surface area contributed by atoms with Gasteiger partial charge in [-0.05, 0) is 61.7 Å². The highest BCUT2D eigenvalue weighted by atomic mass is 79.9. The normalized spacial score (nSPS) is 11.2. The van der Waals surface area contributed by atoms with Crippen molar-refractivity contribution in [3.63, 3.8) is 0 Å². The first-order chi connectivity index (χ1) is 14.1. The Morgan fingerprint density at radius 2 is 1.59 bits per heavy atom. The second-order valence-corrected chi connectivity index (χ2v) is 8.16. The number of hydrazone groups is 1. The molecule has 6 heteroatoms. The molecule has 1 N–H and O–H groups in total. The number of amides is 1. The number of fused-ring (bicyclic) bond motifs is 2. The zero-order valence-corrected chi connectivity index (χ0v) is 18.4. The van der Waals surface area contributed by atoms with Crippen LogP contribution in [0.5, 0.6) is 5.75 Å². The van der Waals surface area contributed by atoms with E-state index in [1.807, 2.05) is 36.4 Å². The van der Waals surface area contributed by atoms with Crippen molar-refractivity contribution in [1.29, 1.82) is 0 Å². The molecule has 4 aromatic rings. The van der Waals surface area contributed by atoms with E-state index in [1.54, 1.807) is 12.3 Å². The molecule has 1 amide bonds. The lowest BCUT2D eigenvalue weighted by molar-refractivity contribution is -0.123. The summed E-state index contributed by atoms with van der Waals surface area (Å²) in [5.41, 5.74) is 3.51. The molecular weight excluding hydrogens is 496 g/mol. The maximum Gasteiger partial charge on any atom is 0.277 e. The van der Waals surface area contributed by atoms with Gasteiger partial charge in [0.25, 0.3) is 5.91 Å². The quantitative estimate of drug-likeness (QED) is 0.201. The van der Waals surface area contributed by atoms with E-state index in [9.17, 15) is 4.79 Å². The van der Waals surface area contributed by atoms with Gasteiger partial charge in [0, 0.05) is 10.0 Å². The fourth-order valence-electron chi connectivity index (χ4n) is 3.12. The summed E-state index contributed by atoms with van der Waals surface area (Å²) in [6.07, 6.45) is 1.69. The summed E-state index contributed by atoms with van der Waals surface area (Å²) < 4.78 is 7.24. The minimum atomic E-state index is -0.333. The van der Waals surface area contributed by atoms with Gasteiger partial charge in [0.2, 0.25) is 0 Å². The zero-order valence-electron chi connectivity index (χ0n) is 15.2. The number of rotatable bonds is 5. The number of nitrogens with one attached hydrogen (secondary N) is 1. The first-order valence-corrected chi connectivity index (χ1v) is 10.5. The average Bonchev–Trinajstić information content (AvgIpc) is 2.72. The van der Waals surface area contributed by atoms with E-state index in [-0.39, 0.29) is 12.5 Å². The second kappa shape index (κ2) is 8.76. The average molecular weight is 512 g/mol. The van der Waals surface area contributed by atoms with Crippen LogP contribution in [-0.4, -0.2) is 18.7 Å². The largest absolute Gasteiger partial charge is 0.483 e. The number of halogens is 2. The summed E-state index contributed by atoms with van der Waals surface area (Å²) in [5.74, 6) is 0.257. The number of hydrogen-bond acceptors (Lipinski definition) is 3. The van der Waals surface area contributed by atoms with E-state index in [4.69, 9.17) is 4.74 Å². The van der Waals surface area contributed by atoms with E-state index in [1.165, 1.54) is 0 Å². The van der Waals surface area contributed by atoms with Crippen molar-refractivity contribution >= 4 is 65.5 Å². The van der Waals surface area contributed by atoms with Gasteiger partial charge in [0.05, 0.1) is 10.7 Å². The molecular formula is C23H16Br2N2O2. The molecule has 0 fully saturated rings. The fourth-order valence-corrected chi connectivity index (χ4v) is 4.29. The molecule has 0 spiro atoms. The first kappa shape index (κ1) is 19.6. The summed E-state index contributed by atoms with van der Waals surface area (Å²) in [7, 11) is 0. The minimum Gasteiger partial charge on any atom is -0.483 e. The van der Waals surface area contributed by atoms with Gasteiger partial charge in [-0.2, -0.15) is 5.10 Å². The lowest BCUT2D eigenvalue weighted by Crippen LogP contribution is -2.24. The van der Waals surface area contributed by atoms with E-state index in [0.717, 1.165) is 36.1 Å². The van der Waals surface area contributed by atoms with Crippen LogP contribution in [0, 0.1) is 0 Å². The number of carbonyl (C=O) groups excluding carboxylic acids is 1. The van der Waals surface area contributed by atoms with E-state index >= 15 is 0 Å². The molecule has 0 saturated heterocycles. The standard InChI is InChI=1S/C23H16Br2N2O2/c24-17-9-10-22(21(25)12-17)29-14-23(28)27-26-13-20-18-7-3-1-5-15(18)11-16-6-2-4-8-19(16)20/h1-13H,14H2,(H,27,28)/b26-13+. The van der Waals surface area contributed by atoms with Gasteiger partial charge < -0.3 is 4.74 Å². The third kappa shape index (κ3) is 4.49. The van der Waals surface area contributed by atoms with Crippen LogP contribution < -0.4 is 10.2 Å². The lowest BCUT2D eigenvalue weighted by atomic mass is 9.97. The molecule has 144 valence electrons. The number of hydrogen-bond donors (Lipinski definition) is 1. The second-order valence-electron chi connectivity index (χ2n) is 6.39. The molecule has 0 saturated carbocycles. The van der Waals surface area contributed by atoms with Crippen molar-refractivity contribution in [2.75, 3.05) is 6.61 Å². The highest BCUT2D eigenvalue weighted by Crippen LogP contribution is 2.28. The Hall–Kier alpha value is -2.70. The molecule has 0 bridgehead atoms. The Bertz CT molecular complexity index is 1180. The summed E-state index contributed by atoms with van der Waals surface area (Å²) in [4.78, 5) is 12.1. The monoisotopic (exact) mass is 510 g/mol. The van der Waals surface area contributed by atoms with Gasteiger partial charge in [-0.15, -0.1) is 0 Å². The van der Waals surface area contributed by atoms with Crippen molar-refractivity contribution in [2.24, 2.45) is 5.10 Å². The van der Waals surface area contributed by atoms with E-state index < -0.39 is 0 Å². The predicted octanol–water partition coefficient (Wildman–Crippen LogP) is 6.05. The van der Waals surface area contributed by atoms with Crippen molar-refractivity contribution in [2.45, 2.75) is 0 Å². The zero-order chi connectivity index (χ0) is 20.2. The third-order valence-corrected chi connectivity index (χ3v) is 5.56. The number of benzene rings is 4. The Labute approximate surface area is 184 Å². The van der Waals surface area contributed by atoms with Gasteiger partial charge in [-0.1, -0.05) is 64.5 Å². The highest BCUT2D eigenvalue weighted by molar-refractivity contribution is 9.11. The fraction of sp³-hybridized carbons (Fsp3) is 0.0435. The molecule has 4 nitrogen and oxygen atoms in total. The molecule has 0 aliphatic heterocycles. The number of ether oxygens (including phenoxy) is 1. The van der Waals surface area contributed by atoms with E-state index in [0.29, 0.717) is 5.75 Å². The molecule has 0 heterocycles. The van der Waals surface area contributed by atoms with Gasteiger partial charge in [0.15, 0.2) is 6.61 Å². The van der Waals surface area contributed by atoms with Crippen LogP contribution in [0.2, 0.25) is 0 Å². The third-order valence-electron chi connectivity index (χ3n) is 4.45. The molecule has 0 aliphatic rings. The van der Waals surface area contributed by atoms with E-state index in [2.05, 4.69) is 72.7 Å². The van der Waals surface area contributed by atoms with Crippen LogP contribution in [0.25, 0.3) is 21.5 Å². The van der Waals surface area contributed by atoms with Crippen LogP contribution >= 0.6 is 31.9 Å². The highest BCUT2D eigenvalue weighted by Gasteiger charge is 2.07. The van der Waals surface area contributed by atoms with Crippen molar-refractivity contribution in [3.05, 3.63) is 87.3 Å². The Morgan fingerprint density at radius 1 is 0.931 bits per heavy atom. The topological polar surface area (TPSA) is 50.7 Å². The first-order valence-electron chi connectivity index (χ1n) is 8.92. The number of carbonyl (C=O) groups is 1. The molecule has 29 heavy (non-hydrogen) atoms. The van der Waals surface area contributed by atoms with Crippen LogP contribution in [0.3, 0.4) is 0 Å². The van der Waals surface area contributed by atoms with Gasteiger partial charge in [-0.3, -0.25) is 4.79 Å². The summed E-state index contributed by atoms with van der Waals surface area (Å²) >= 11 is 6.79. The van der Waals surface area contributed by atoms with Crippen molar-refractivity contribution in [3.8, 4) is 5.75 Å². The lowest BCUT2D eigenvalue weighted by Gasteiger charge is -2.09. The molecule has 4 rings (SSSR count). The molecule has 0 atom stereocenters. The van der Waals surface area contributed by atoms with Gasteiger partial charge >= 0.3 is 0 Å². The van der Waals surface area contributed by atoms with Crippen molar-refractivity contribution < 1.29 is 9.53 Å². The van der Waals surface area contributed by atoms with Crippen LogP contribution in [0.1, 0.15) is 5.56 Å². The smallest absolute Gasteiger partial charge is 0.277 e. The number of nitrogens with zero attached hydrogens (tertiary/aromatic N) is 1. The molecule has 4 aromatic carbocycles. The Balaban J connectivity index is 1.51. The van der Waals surface area contributed by atoms with Crippen LogP contribution in [0.15, 0.2) is 86.8 Å². The Morgan fingerprint density at radius 3 is 2.24 bits per heavy atom. The summed E-state index contributed by atoms with van der Waals surface area (Å²) in [5, 5.41) is 8.59. The van der Waals surface area contributed by atoms with Gasteiger partial charge in [-0.25, -0.2) is 5.43 Å². The maximum absolute atomic E-state index is 12.1. The van der Waals surface area contributed by atoms with Crippen LogP contribution in [0.4, 0.5) is 0 Å². The SMILES string of the molecule is O=C(COc1ccc(Br)cc1Br)N/N=C/c1c2ccccc2cc2ccccc12. The summed E-state index contributed by atoms with van der Waals surface area (Å²) in [6.45, 7) is -0.131. The molecule has 0 unspecified atom stereocenters. The van der Waals surface area contributed by atoms with Gasteiger partial charge in [0.1, 0.15) is 5.75 Å². The minimum absolute atomic E-state index is 0.131. The molecule has 0 radical (unpaired) electrons. The van der Waals surface area contributed by atoms with Crippen LogP contribution in [-0.2, 0) is 4.79 Å².